The SMILES string of the molecule is CSc1ccc(C(O)(c2ccc(OCCCC(=O)OCC(C)(CO)CO)cc2)c2ccc(SC)cc2)cc1. The van der Waals surface area contributed by atoms with Crippen LogP contribution < -0.4 is 4.74 Å². The van der Waals surface area contributed by atoms with Crippen molar-refractivity contribution in [3.8, 4) is 5.75 Å². The van der Waals surface area contributed by atoms with E-state index in [1.807, 2.05) is 85.3 Å². The molecule has 0 fully saturated rings. The summed E-state index contributed by atoms with van der Waals surface area (Å²) in [5.41, 5.74) is 0.0891. The molecule has 0 saturated heterocycles. The maximum absolute atomic E-state index is 12.1. The van der Waals surface area contributed by atoms with Crippen molar-refractivity contribution in [2.75, 3.05) is 38.9 Å². The fraction of sp³-hybridized carbons (Fsp3) is 0.367. The van der Waals surface area contributed by atoms with E-state index >= 15 is 0 Å². The first kappa shape index (κ1) is 30.1. The van der Waals surface area contributed by atoms with Crippen LogP contribution in [0, 0.1) is 5.41 Å². The van der Waals surface area contributed by atoms with Gasteiger partial charge < -0.3 is 24.8 Å². The van der Waals surface area contributed by atoms with Crippen molar-refractivity contribution in [3.63, 3.8) is 0 Å². The molecule has 0 aromatic heterocycles. The molecule has 0 saturated carbocycles. The van der Waals surface area contributed by atoms with Crippen LogP contribution in [0.4, 0.5) is 0 Å². The summed E-state index contributed by atoms with van der Waals surface area (Å²) in [5.74, 6) is 0.232. The second-order valence-electron chi connectivity index (χ2n) is 9.43. The van der Waals surface area contributed by atoms with Gasteiger partial charge in [-0.05, 0) is 72.0 Å². The van der Waals surface area contributed by atoms with Gasteiger partial charge in [-0.3, -0.25) is 4.79 Å². The molecule has 38 heavy (non-hydrogen) atoms. The minimum Gasteiger partial charge on any atom is -0.494 e. The van der Waals surface area contributed by atoms with E-state index in [4.69, 9.17) is 9.47 Å². The van der Waals surface area contributed by atoms with Crippen molar-refractivity contribution in [1.82, 2.24) is 0 Å². The molecule has 3 aromatic carbocycles. The molecule has 0 radical (unpaired) electrons. The fourth-order valence-electron chi connectivity index (χ4n) is 3.83. The van der Waals surface area contributed by atoms with E-state index < -0.39 is 17.0 Å². The molecule has 0 spiro atoms. The predicted molar refractivity (Wildman–Crippen MR) is 153 cm³/mol. The number of ether oxygens (including phenoxy) is 2. The van der Waals surface area contributed by atoms with Crippen LogP contribution >= 0.6 is 23.5 Å². The van der Waals surface area contributed by atoms with Crippen molar-refractivity contribution in [3.05, 3.63) is 89.5 Å². The molecule has 0 aliphatic carbocycles. The van der Waals surface area contributed by atoms with Crippen LogP contribution in [-0.2, 0) is 15.1 Å². The number of esters is 1. The molecule has 3 aromatic rings. The van der Waals surface area contributed by atoms with Gasteiger partial charge in [-0.1, -0.05) is 43.3 Å². The van der Waals surface area contributed by atoms with Gasteiger partial charge in [0, 0.05) is 21.6 Å². The normalized spacial score (nSPS) is 11.8. The lowest BCUT2D eigenvalue weighted by atomic mass is 9.80. The number of carbonyl (C=O) groups excluding carboxylic acids is 1. The van der Waals surface area contributed by atoms with Crippen molar-refractivity contribution in [2.45, 2.75) is 35.2 Å². The smallest absolute Gasteiger partial charge is 0.305 e. The van der Waals surface area contributed by atoms with Crippen LogP contribution in [-0.4, -0.2) is 60.2 Å². The molecule has 0 amide bonds. The summed E-state index contributed by atoms with van der Waals surface area (Å²) in [6.07, 6.45) is 4.67. The Morgan fingerprint density at radius 1 is 0.789 bits per heavy atom. The summed E-state index contributed by atoms with van der Waals surface area (Å²) < 4.78 is 11.0. The first-order valence-corrected chi connectivity index (χ1v) is 14.8. The number of hydrogen-bond acceptors (Lipinski definition) is 8. The molecule has 0 aliphatic rings. The zero-order valence-corrected chi connectivity index (χ0v) is 23.7. The average molecular weight is 557 g/mol. The molecule has 6 nitrogen and oxygen atoms in total. The Hall–Kier alpha value is -2.49. The molecular weight excluding hydrogens is 520 g/mol. The minimum absolute atomic E-state index is 0.0376. The lowest BCUT2D eigenvalue weighted by Crippen LogP contribution is -2.32. The maximum atomic E-state index is 12.1. The van der Waals surface area contributed by atoms with Gasteiger partial charge in [0.25, 0.3) is 0 Å². The summed E-state index contributed by atoms with van der Waals surface area (Å²) in [4.78, 5) is 14.2. The first-order chi connectivity index (χ1) is 18.3. The third-order valence-electron chi connectivity index (χ3n) is 6.43. The van der Waals surface area contributed by atoms with Crippen LogP contribution in [0.2, 0.25) is 0 Å². The van der Waals surface area contributed by atoms with Crippen molar-refractivity contribution >= 4 is 29.5 Å². The molecule has 0 bridgehead atoms. The maximum Gasteiger partial charge on any atom is 0.305 e. The zero-order chi connectivity index (χ0) is 27.6. The van der Waals surface area contributed by atoms with Gasteiger partial charge in [0.15, 0.2) is 0 Å². The van der Waals surface area contributed by atoms with E-state index in [0.29, 0.717) is 18.8 Å². The van der Waals surface area contributed by atoms with Gasteiger partial charge in [-0.25, -0.2) is 0 Å². The van der Waals surface area contributed by atoms with Crippen molar-refractivity contribution in [1.29, 1.82) is 0 Å². The van der Waals surface area contributed by atoms with E-state index in [9.17, 15) is 20.1 Å². The molecule has 0 unspecified atom stereocenters. The number of carbonyl (C=O) groups is 1. The third-order valence-corrected chi connectivity index (χ3v) is 7.91. The number of hydrogen-bond donors (Lipinski definition) is 3. The van der Waals surface area contributed by atoms with Crippen LogP contribution in [0.15, 0.2) is 82.6 Å². The van der Waals surface area contributed by atoms with Crippen LogP contribution in [0.3, 0.4) is 0 Å². The Kier molecular flexibility index (Phi) is 11.1. The number of aliphatic hydroxyl groups is 3. The summed E-state index contributed by atoms with van der Waals surface area (Å²) in [6, 6.07) is 23.2. The van der Waals surface area contributed by atoms with E-state index in [1.54, 1.807) is 30.4 Å². The highest BCUT2D eigenvalue weighted by Gasteiger charge is 2.34. The van der Waals surface area contributed by atoms with E-state index in [0.717, 1.165) is 26.5 Å². The summed E-state index contributed by atoms with van der Waals surface area (Å²) >= 11 is 3.31. The molecule has 3 rings (SSSR count). The highest BCUT2D eigenvalue weighted by atomic mass is 32.2. The second kappa shape index (κ2) is 14.1. The highest BCUT2D eigenvalue weighted by Crippen LogP contribution is 2.38. The van der Waals surface area contributed by atoms with E-state index in [-0.39, 0.29) is 26.2 Å². The number of rotatable bonds is 14. The Morgan fingerprint density at radius 2 is 1.24 bits per heavy atom. The molecule has 0 atom stereocenters. The molecule has 3 N–H and O–H groups in total. The van der Waals surface area contributed by atoms with Gasteiger partial charge in [-0.15, -0.1) is 23.5 Å². The van der Waals surface area contributed by atoms with Gasteiger partial charge >= 0.3 is 5.97 Å². The van der Waals surface area contributed by atoms with Gasteiger partial charge in [0.05, 0.1) is 19.8 Å². The molecule has 8 heteroatoms. The molecular formula is C30H36O6S2. The largest absolute Gasteiger partial charge is 0.494 e. The monoisotopic (exact) mass is 556 g/mol. The highest BCUT2D eigenvalue weighted by molar-refractivity contribution is 7.98. The third kappa shape index (κ3) is 7.55. The van der Waals surface area contributed by atoms with Crippen molar-refractivity contribution < 1.29 is 29.6 Å². The van der Waals surface area contributed by atoms with E-state index in [1.165, 1.54) is 0 Å². The molecule has 204 valence electrons. The zero-order valence-electron chi connectivity index (χ0n) is 22.1. The lowest BCUT2D eigenvalue weighted by Gasteiger charge is -2.30. The second-order valence-corrected chi connectivity index (χ2v) is 11.2. The minimum atomic E-state index is -1.34. The quantitative estimate of drug-likeness (QED) is 0.109. The summed E-state index contributed by atoms with van der Waals surface area (Å²) in [7, 11) is 0. The number of benzene rings is 3. The van der Waals surface area contributed by atoms with Gasteiger partial charge in [0.2, 0.25) is 0 Å². The predicted octanol–water partition coefficient (Wildman–Crippen LogP) is 5.11. The standard InChI is InChI=1S/C30H36O6S2/c1-29(19-31,20-32)21-36-28(33)5-4-18-35-25-12-6-22(7-13-25)30(34,23-8-14-26(37-2)15-9-23)24-10-16-27(38-3)17-11-24/h6-17,31-32,34H,4-5,18-21H2,1-3H3. The molecule has 0 aliphatic heterocycles. The summed E-state index contributed by atoms with van der Waals surface area (Å²) in [5, 5.41) is 30.7. The summed E-state index contributed by atoms with van der Waals surface area (Å²) in [6.45, 7) is 1.40. The average Bonchev–Trinajstić information content (AvgIpc) is 2.98. The Balaban J connectivity index is 1.68. The van der Waals surface area contributed by atoms with Gasteiger partial charge in [-0.2, -0.15) is 0 Å². The lowest BCUT2D eigenvalue weighted by molar-refractivity contribution is -0.149. The van der Waals surface area contributed by atoms with Crippen LogP contribution in [0.25, 0.3) is 0 Å². The fourth-order valence-corrected chi connectivity index (χ4v) is 4.65. The van der Waals surface area contributed by atoms with Crippen LogP contribution in [0.1, 0.15) is 36.5 Å². The first-order valence-electron chi connectivity index (χ1n) is 12.4. The topological polar surface area (TPSA) is 96.2 Å². The van der Waals surface area contributed by atoms with Crippen LogP contribution in [0.5, 0.6) is 5.75 Å². The van der Waals surface area contributed by atoms with E-state index in [2.05, 4.69) is 0 Å². The van der Waals surface area contributed by atoms with Crippen molar-refractivity contribution in [2.24, 2.45) is 5.41 Å². The molecule has 0 heterocycles. The number of thioether (sulfide) groups is 2. The Morgan fingerprint density at radius 3 is 1.66 bits per heavy atom. The Bertz CT molecular complexity index is 1100. The Labute approximate surface area is 233 Å². The number of aliphatic hydroxyl groups excluding tert-OH is 2. The van der Waals surface area contributed by atoms with Gasteiger partial charge in [0.1, 0.15) is 18.0 Å².